The maximum atomic E-state index is 13.0. The molecule has 0 unspecified atom stereocenters. The minimum atomic E-state index is -0.628. The van der Waals surface area contributed by atoms with Gasteiger partial charge >= 0.3 is 5.97 Å². The first-order valence-corrected chi connectivity index (χ1v) is 13.0. The van der Waals surface area contributed by atoms with E-state index in [9.17, 15) is 19.7 Å². The van der Waals surface area contributed by atoms with Crippen LogP contribution >= 0.6 is 35.2 Å². The molecule has 0 atom stereocenters. The molecule has 3 rings (SSSR count). The van der Waals surface area contributed by atoms with Crippen LogP contribution in [0, 0.1) is 17.0 Å². The van der Waals surface area contributed by atoms with E-state index in [1.54, 1.807) is 36.1 Å². The van der Waals surface area contributed by atoms with Gasteiger partial charge < -0.3 is 25.0 Å². The normalized spacial score (nSPS) is 10.4. The largest absolute Gasteiger partial charge is 0.465 e. The minimum Gasteiger partial charge on any atom is -0.465 e. The predicted molar refractivity (Wildman–Crippen MR) is 152 cm³/mol. The number of thiocarbonyl (C=S) groups is 1. The van der Waals surface area contributed by atoms with Gasteiger partial charge in [0, 0.05) is 30.2 Å². The van der Waals surface area contributed by atoms with Crippen LogP contribution in [-0.2, 0) is 4.74 Å². The summed E-state index contributed by atoms with van der Waals surface area (Å²) in [5.74, 6) is -0.209. The summed E-state index contributed by atoms with van der Waals surface area (Å²) in [6, 6.07) is 10.6. The Kier molecular flexibility index (Phi) is 9.61. The lowest BCUT2D eigenvalue weighted by Gasteiger charge is -2.18. The van der Waals surface area contributed by atoms with E-state index < -0.39 is 10.9 Å². The summed E-state index contributed by atoms with van der Waals surface area (Å²) in [6.45, 7) is 6.43. The molecule has 0 saturated heterocycles. The maximum absolute atomic E-state index is 13.0. The number of ether oxygens (including phenoxy) is 2. The highest BCUT2D eigenvalue weighted by Crippen LogP contribution is 2.35. The van der Waals surface area contributed by atoms with Gasteiger partial charge in [-0.1, -0.05) is 11.6 Å². The highest BCUT2D eigenvalue weighted by molar-refractivity contribution is 7.80. The number of non-ortho nitro benzene ring substituents is 1. The quantitative estimate of drug-likeness (QED) is 0.127. The first-order valence-electron chi connectivity index (χ1n) is 11.4. The molecular weight excluding hydrogens is 552 g/mol. The fraction of sp³-hybridized carbons (Fsp3) is 0.240. The van der Waals surface area contributed by atoms with Crippen molar-refractivity contribution in [1.82, 2.24) is 4.90 Å². The van der Waals surface area contributed by atoms with Crippen molar-refractivity contribution >= 4 is 68.5 Å². The van der Waals surface area contributed by atoms with Crippen LogP contribution in [0.2, 0.25) is 5.02 Å². The van der Waals surface area contributed by atoms with Crippen LogP contribution in [0.4, 0.5) is 16.4 Å². The minimum absolute atomic E-state index is 0.0381. The first kappa shape index (κ1) is 28.8. The number of carbonyl (C=O) groups is 2. The number of nitro groups is 1. The molecule has 3 aromatic rings. The fourth-order valence-corrected chi connectivity index (χ4v) is 5.11. The molecule has 0 aliphatic carbocycles. The molecule has 13 heteroatoms. The number of nitro benzene ring substituents is 1. The molecule has 10 nitrogen and oxygen atoms in total. The summed E-state index contributed by atoms with van der Waals surface area (Å²) < 4.78 is 10.7. The Morgan fingerprint density at radius 3 is 2.34 bits per heavy atom. The number of carbonyl (C=O) groups excluding carboxylic acids is 2. The molecule has 1 aromatic heterocycles. The second-order valence-corrected chi connectivity index (χ2v) is 9.70. The predicted octanol–water partition coefficient (Wildman–Crippen LogP) is 6.49. The monoisotopic (exact) mass is 576 g/mol. The van der Waals surface area contributed by atoms with Gasteiger partial charge in [0.05, 0.1) is 34.2 Å². The summed E-state index contributed by atoms with van der Waals surface area (Å²) >= 11 is 12.4. The number of benzene rings is 2. The molecule has 1 heterocycles. The molecule has 200 valence electrons. The van der Waals surface area contributed by atoms with Gasteiger partial charge in [0.1, 0.15) is 16.5 Å². The molecule has 2 aromatic carbocycles. The van der Waals surface area contributed by atoms with Crippen LogP contribution in [-0.4, -0.2) is 47.0 Å². The molecule has 2 N–H and O–H groups in total. The third-order valence-corrected chi connectivity index (χ3v) is 7.07. The number of hydrogen-bond donors (Lipinski definition) is 2. The second kappa shape index (κ2) is 12.7. The second-order valence-electron chi connectivity index (χ2n) is 7.84. The Hall–Kier alpha value is -3.74. The maximum Gasteiger partial charge on any atom is 0.341 e. The van der Waals surface area contributed by atoms with Crippen LogP contribution in [0.1, 0.15) is 39.4 Å². The third-order valence-electron chi connectivity index (χ3n) is 5.42. The van der Waals surface area contributed by atoms with Gasteiger partial charge in [-0.05, 0) is 62.8 Å². The summed E-state index contributed by atoms with van der Waals surface area (Å²) in [5, 5.41) is 18.2. The van der Waals surface area contributed by atoms with Crippen LogP contribution in [0.15, 0.2) is 42.5 Å². The average molecular weight is 577 g/mol. The van der Waals surface area contributed by atoms with Crippen LogP contribution in [0.5, 0.6) is 11.5 Å². The van der Waals surface area contributed by atoms with Crippen molar-refractivity contribution in [3.8, 4) is 11.5 Å². The van der Waals surface area contributed by atoms with Gasteiger partial charge in [-0.2, -0.15) is 0 Å². The average Bonchev–Trinajstić information content (AvgIpc) is 3.20. The molecule has 0 bridgehead atoms. The molecular formula is C25H25ClN4O6S2. The lowest BCUT2D eigenvalue weighted by atomic mass is 10.1. The van der Waals surface area contributed by atoms with Crippen molar-refractivity contribution in [3.05, 3.63) is 73.6 Å². The van der Waals surface area contributed by atoms with Crippen LogP contribution in [0.25, 0.3) is 0 Å². The number of halogens is 1. The Bertz CT molecular complexity index is 1370. The SMILES string of the molecule is CCN(CC)C(=O)c1sc(NC(=S)Nc2cc(Oc3ccc(Cl)cc3)cc([N+](=O)[O-])c2)c(C(=O)OC)c1C. The lowest BCUT2D eigenvalue weighted by Crippen LogP contribution is -2.30. The zero-order valence-electron chi connectivity index (χ0n) is 21.0. The molecule has 0 saturated carbocycles. The Morgan fingerprint density at radius 1 is 1.11 bits per heavy atom. The van der Waals surface area contributed by atoms with E-state index >= 15 is 0 Å². The van der Waals surface area contributed by atoms with Crippen molar-refractivity contribution in [2.45, 2.75) is 20.8 Å². The van der Waals surface area contributed by atoms with E-state index in [2.05, 4.69) is 10.6 Å². The number of esters is 1. The smallest absolute Gasteiger partial charge is 0.341 e. The van der Waals surface area contributed by atoms with Gasteiger partial charge in [-0.3, -0.25) is 14.9 Å². The van der Waals surface area contributed by atoms with E-state index in [1.165, 1.54) is 25.3 Å². The first-order chi connectivity index (χ1) is 18.1. The van der Waals surface area contributed by atoms with Gasteiger partial charge in [0.15, 0.2) is 5.11 Å². The topological polar surface area (TPSA) is 123 Å². The van der Waals surface area contributed by atoms with Crippen LogP contribution < -0.4 is 15.4 Å². The molecule has 0 spiro atoms. The molecule has 0 fully saturated rings. The molecule has 0 aliphatic heterocycles. The van der Waals surface area contributed by atoms with Crippen LogP contribution in [0.3, 0.4) is 0 Å². The van der Waals surface area contributed by atoms with Crippen molar-refractivity contribution in [3.63, 3.8) is 0 Å². The van der Waals surface area contributed by atoms with E-state index in [4.69, 9.17) is 33.3 Å². The zero-order chi connectivity index (χ0) is 28.0. The van der Waals surface area contributed by atoms with Gasteiger partial charge in [-0.15, -0.1) is 11.3 Å². The number of hydrogen-bond acceptors (Lipinski definition) is 8. The van der Waals surface area contributed by atoms with E-state index in [0.717, 1.165) is 11.3 Å². The van der Waals surface area contributed by atoms with Crippen molar-refractivity contribution in [1.29, 1.82) is 0 Å². The Balaban J connectivity index is 1.89. The molecule has 38 heavy (non-hydrogen) atoms. The summed E-state index contributed by atoms with van der Waals surface area (Å²) in [6.07, 6.45) is 0. The van der Waals surface area contributed by atoms with Gasteiger partial charge in [-0.25, -0.2) is 4.79 Å². The van der Waals surface area contributed by atoms with E-state index in [-0.39, 0.29) is 33.7 Å². The Morgan fingerprint density at radius 2 is 1.76 bits per heavy atom. The summed E-state index contributed by atoms with van der Waals surface area (Å²) in [7, 11) is 1.25. The number of nitrogens with one attached hydrogen (secondary N) is 2. The number of nitrogens with zero attached hydrogens (tertiary/aromatic N) is 2. The fourth-order valence-electron chi connectivity index (χ4n) is 3.53. The molecule has 0 aliphatic rings. The highest BCUT2D eigenvalue weighted by Gasteiger charge is 2.27. The Labute approximate surface area is 233 Å². The highest BCUT2D eigenvalue weighted by atomic mass is 35.5. The third kappa shape index (κ3) is 6.77. The van der Waals surface area contributed by atoms with Gasteiger partial charge in [0.2, 0.25) is 0 Å². The van der Waals surface area contributed by atoms with Crippen molar-refractivity contribution in [2.75, 3.05) is 30.8 Å². The summed E-state index contributed by atoms with van der Waals surface area (Å²) in [5.41, 5.74) is 0.699. The molecule has 0 radical (unpaired) electrons. The van der Waals surface area contributed by atoms with E-state index in [0.29, 0.717) is 39.3 Å². The van der Waals surface area contributed by atoms with Crippen molar-refractivity contribution in [2.24, 2.45) is 0 Å². The summed E-state index contributed by atoms with van der Waals surface area (Å²) in [4.78, 5) is 38.5. The number of methoxy groups -OCH3 is 1. The lowest BCUT2D eigenvalue weighted by molar-refractivity contribution is -0.384. The number of rotatable bonds is 9. The van der Waals surface area contributed by atoms with Crippen molar-refractivity contribution < 1.29 is 24.0 Å². The van der Waals surface area contributed by atoms with E-state index in [1.807, 2.05) is 13.8 Å². The zero-order valence-corrected chi connectivity index (χ0v) is 23.4. The number of anilines is 2. The standard InChI is InChI=1S/C25H25ClN4O6S2/c1-5-29(6-2)23(31)21-14(3)20(24(32)35-4)22(38-21)28-25(37)27-16-11-17(30(33)34)13-19(12-16)36-18-9-7-15(26)8-10-18/h7-13H,5-6H2,1-4H3,(H2,27,28,37). The van der Waals surface area contributed by atoms with Gasteiger partial charge in [0.25, 0.3) is 11.6 Å². The number of thiophene rings is 1. The molecule has 1 amide bonds. The number of amides is 1.